The fourth-order valence-corrected chi connectivity index (χ4v) is 3.55. The molecule has 0 spiro atoms. The molecule has 4 heterocycles. The van der Waals surface area contributed by atoms with Crippen molar-refractivity contribution in [2.75, 3.05) is 13.1 Å². The lowest BCUT2D eigenvalue weighted by Crippen LogP contribution is -2.45. The normalized spacial score (nSPS) is 16.1. The topological polar surface area (TPSA) is 84.8 Å². The van der Waals surface area contributed by atoms with E-state index in [-0.39, 0.29) is 44.1 Å². The molecule has 0 unspecified atom stereocenters. The highest BCUT2D eigenvalue weighted by Gasteiger charge is 2.38. The molecular formula is C21H18F4N6O. The van der Waals surface area contributed by atoms with Crippen LogP contribution in [0.3, 0.4) is 0 Å². The van der Waals surface area contributed by atoms with Gasteiger partial charge in [-0.1, -0.05) is 0 Å². The van der Waals surface area contributed by atoms with Gasteiger partial charge in [-0.2, -0.15) is 13.2 Å². The third-order valence-electron chi connectivity index (χ3n) is 5.32. The monoisotopic (exact) mass is 446 g/mol. The molecule has 3 aromatic heterocycles. The summed E-state index contributed by atoms with van der Waals surface area (Å²) in [5.41, 5.74) is -1.43. The van der Waals surface area contributed by atoms with Crippen LogP contribution in [0.5, 0.6) is 0 Å². The third kappa shape index (κ3) is 4.71. The number of nitrogens with zero attached hydrogens (tertiary/aromatic N) is 6. The van der Waals surface area contributed by atoms with Crippen molar-refractivity contribution in [2.45, 2.75) is 31.1 Å². The molecule has 0 aromatic carbocycles. The van der Waals surface area contributed by atoms with Gasteiger partial charge in [0.05, 0.1) is 16.8 Å². The maximum Gasteiger partial charge on any atom is 0.419 e. The number of carbonyl (C=O) groups is 1. The minimum atomic E-state index is -4.55. The van der Waals surface area contributed by atoms with Crippen LogP contribution in [0.4, 0.5) is 17.6 Å². The van der Waals surface area contributed by atoms with Gasteiger partial charge in [-0.3, -0.25) is 9.78 Å². The van der Waals surface area contributed by atoms with E-state index in [1.54, 1.807) is 30.6 Å². The van der Waals surface area contributed by atoms with E-state index in [4.69, 9.17) is 0 Å². The fraction of sp³-hybridized carbons (Fsp3) is 0.333. The van der Waals surface area contributed by atoms with E-state index < -0.39 is 17.4 Å². The van der Waals surface area contributed by atoms with Crippen LogP contribution in [0.25, 0.3) is 11.4 Å². The van der Waals surface area contributed by atoms with E-state index in [2.05, 4.69) is 24.9 Å². The lowest BCUT2D eigenvalue weighted by atomic mass is 9.89. The maximum atomic E-state index is 15.3. The second kappa shape index (κ2) is 8.56. The molecule has 0 N–H and O–H groups in total. The third-order valence-corrected chi connectivity index (χ3v) is 5.32. The standard InChI is InChI=1S/C21H18F4N6O/c22-20(10-17-28-11-14(12-29-17)21(23,24)25)4-8-31(9-5-20)19(32)15-2-1-6-27-18(15)16-3-7-26-13-30-16/h1-3,6-7,11-13H,4-5,8-10H2. The Bertz CT molecular complexity index is 1080. The zero-order chi connectivity index (χ0) is 22.8. The van der Waals surface area contributed by atoms with E-state index in [0.717, 1.165) is 0 Å². The molecule has 32 heavy (non-hydrogen) atoms. The predicted molar refractivity (Wildman–Crippen MR) is 105 cm³/mol. The Labute approximate surface area is 180 Å². The van der Waals surface area contributed by atoms with Gasteiger partial charge in [-0.15, -0.1) is 0 Å². The first-order valence-electron chi connectivity index (χ1n) is 9.83. The summed E-state index contributed by atoms with van der Waals surface area (Å²) in [5.74, 6) is -0.293. The van der Waals surface area contributed by atoms with E-state index in [1.165, 1.54) is 11.2 Å². The summed E-state index contributed by atoms with van der Waals surface area (Å²) in [4.78, 5) is 34.2. The second-order valence-electron chi connectivity index (χ2n) is 7.50. The van der Waals surface area contributed by atoms with Crippen molar-refractivity contribution in [3.63, 3.8) is 0 Å². The van der Waals surface area contributed by atoms with E-state index in [0.29, 0.717) is 29.3 Å². The van der Waals surface area contributed by atoms with Gasteiger partial charge in [0.25, 0.3) is 5.91 Å². The number of halogens is 4. The summed E-state index contributed by atoms with van der Waals surface area (Å²) in [6.07, 6.45) is 1.05. The molecule has 1 saturated heterocycles. The van der Waals surface area contributed by atoms with Crippen molar-refractivity contribution >= 4 is 5.91 Å². The SMILES string of the molecule is O=C(c1cccnc1-c1ccncn1)N1CCC(F)(Cc2ncc(C(F)(F)F)cn2)CC1. The van der Waals surface area contributed by atoms with Crippen molar-refractivity contribution in [3.8, 4) is 11.4 Å². The Balaban J connectivity index is 1.43. The number of pyridine rings is 1. The zero-order valence-corrected chi connectivity index (χ0v) is 16.8. The minimum absolute atomic E-state index is 0.00131. The highest BCUT2D eigenvalue weighted by Crippen LogP contribution is 2.32. The Hall–Kier alpha value is -3.50. The molecule has 1 aliphatic heterocycles. The van der Waals surface area contributed by atoms with Gasteiger partial charge in [0.15, 0.2) is 0 Å². The average Bonchev–Trinajstić information content (AvgIpc) is 2.79. The second-order valence-corrected chi connectivity index (χ2v) is 7.50. The number of aromatic nitrogens is 5. The van der Waals surface area contributed by atoms with Crippen LogP contribution < -0.4 is 0 Å². The molecule has 3 aromatic rings. The van der Waals surface area contributed by atoms with Crippen LogP contribution in [-0.4, -0.2) is 54.5 Å². The van der Waals surface area contributed by atoms with Crippen molar-refractivity contribution in [3.05, 3.63) is 66.3 Å². The molecule has 1 amide bonds. The largest absolute Gasteiger partial charge is 0.419 e. The molecule has 0 bridgehead atoms. The summed E-state index contributed by atoms with van der Waals surface area (Å²) < 4.78 is 53.2. The van der Waals surface area contributed by atoms with Crippen molar-refractivity contribution < 1.29 is 22.4 Å². The van der Waals surface area contributed by atoms with Gasteiger partial charge in [-0.25, -0.2) is 24.3 Å². The van der Waals surface area contributed by atoms with Crippen LogP contribution >= 0.6 is 0 Å². The number of piperidine rings is 1. The summed E-state index contributed by atoms with van der Waals surface area (Å²) in [7, 11) is 0. The van der Waals surface area contributed by atoms with Gasteiger partial charge >= 0.3 is 6.18 Å². The van der Waals surface area contributed by atoms with Crippen LogP contribution in [0.15, 0.2) is 49.3 Å². The van der Waals surface area contributed by atoms with Crippen LogP contribution in [0.1, 0.15) is 34.6 Å². The Kier molecular flexibility index (Phi) is 5.81. The summed E-state index contributed by atoms with van der Waals surface area (Å²) in [6, 6.07) is 4.93. The molecule has 166 valence electrons. The van der Waals surface area contributed by atoms with Crippen LogP contribution in [-0.2, 0) is 12.6 Å². The number of alkyl halides is 4. The quantitative estimate of drug-likeness (QED) is 0.570. The highest BCUT2D eigenvalue weighted by molar-refractivity contribution is 5.99. The Morgan fingerprint density at radius 3 is 2.38 bits per heavy atom. The number of amides is 1. The smallest absolute Gasteiger partial charge is 0.338 e. The molecule has 4 rings (SSSR count). The molecule has 0 radical (unpaired) electrons. The highest BCUT2D eigenvalue weighted by atomic mass is 19.4. The predicted octanol–water partition coefficient (Wildman–Crippen LogP) is 3.53. The van der Waals surface area contributed by atoms with Crippen molar-refractivity contribution in [2.24, 2.45) is 0 Å². The maximum absolute atomic E-state index is 15.3. The number of rotatable bonds is 4. The van der Waals surface area contributed by atoms with Crippen molar-refractivity contribution in [1.82, 2.24) is 29.8 Å². The summed E-state index contributed by atoms with van der Waals surface area (Å²) >= 11 is 0. The first-order valence-corrected chi connectivity index (χ1v) is 9.83. The summed E-state index contributed by atoms with van der Waals surface area (Å²) in [5, 5.41) is 0. The number of hydrogen-bond acceptors (Lipinski definition) is 6. The lowest BCUT2D eigenvalue weighted by Gasteiger charge is -2.36. The number of carbonyl (C=O) groups excluding carboxylic acids is 1. The lowest BCUT2D eigenvalue weighted by molar-refractivity contribution is -0.138. The Morgan fingerprint density at radius 1 is 1.03 bits per heavy atom. The van der Waals surface area contributed by atoms with E-state index in [1.807, 2.05) is 0 Å². The zero-order valence-electron chi connectivity index (χ0n) is 16.8. The van der Waals surface area contributed by atoms with Crippen LogP contribution in [0.2, 0.25) is 0 Å². The molecule has 1 aliphatic rings. The Morgan fingerprint density at radius 2 is 1.75 bits per heavy atom. The first kappa shape index (κ1) is 21.7. The van der Waals surface area contributed by atoms with E-state index >= 15 is 4.39 Å². The molecule has 1 fully saturated rings. The van der Waals surface area contributed by atoms with Crippen molar-refractivity contribution in [1.29, 1.82) is 0 Å². The molecule has 0 atom stereocenters. The number of hydrogen-bond donors (Lipinski definition) is 0. The average molecular weight is 446 g/mol. The molecular weight excluding hydrogens is 428 g/mol. The van der Waals surface area contributed by atoms with Gasteiger partial charge in [-0.05, 0) is 31.0 Å². The van der Waals surface area contributed by atoms with E-state index in [9.17, 15) is 18.0 Å². The fourth-order valence-electron chi connectivity index (χ4n) is 3.55. The summed E-state index contributed by atoms with van der Waals surface area (Å²) in [6.45, 7) is 0.294. The van der Waals surface area contributed by atoms with Gasteiger partial charge in [0.2, 0.25) is 0 Å². The molecule has 0 aliphatic carbocycles. The number of likely N-dealkylation sites (tertiary alicyclic amines) is 1. The van der Waals surface area contributed by atoms with Crippen LogP contribution in [0, 0.1) is 0 Å². The molecule has 11 heteroatoms. The van der Waals surface area contributed by atoms with Gasteiger partial charge < -0.3 is 4.90 Å². The minimum Gasteiger partial charge on any atom is -0.338 e. The van der Waals surface area contributed by atoms with Gasteiger partial charge in [0, 0.05) is 44.3 Å². The van der Waals surface area contributed by atoms with Gasteiger partial charge in [0.1, 0.15) is 23.5 Å². The molecule has 0 saturated carbocycles. The first-order chi connectivity index (χ1) is 15.3. The molecule has 7 nitrogen and oxygen atoms in total.